The number of hydrogen-bond donors (Lipinski definition) is 3. The quantitative estimate of drug-likeness (QED) is 0.749. The highest BCUT2D eigenvalue weighted by Crippen LogP contribution is 2.18. The molecular weight excluding hydrogens is 302 g/mol. The Morgan fingerprint density at radius 1 is 1.27 bits per heavy atom. The molecule has 0 radical (unpaired) electrons. The van der Waals surface area contributed by atoms with Gasteiger partial charge in [-0.05, 0) is 49.7 Å². The molecule has 2 amide bonds. The molecular formula is C16H24ClN3O2. The highest BCUT2D eigenvalue weighted by atomic mass is 35.5. The van der Waals surface area contributed by atoms with Crippen LogP contribution in [0.5, 0.6) is 0 Å². The number of benzene rings is 1. The highest BCUT2D eigenvalue weighted by Gasteiger charge is 2.28. The Hall–Kier alpha value is -1.59. The van der Waals surface area contributed by atoms with Gasteiger partial charge >= 0.3 is 0 Å². The van der Waals surface area contributed by atoms with Crippen LogP contribution in [0.3, 0.4) is 0 Å². The first-order chi connectivity index (χ1) is 10.1. The van der Waals surface area contributed by atoms with Crippen LogP contribution in [0.25, 0.3) is 0 Å². The van der Waals surface area contributed by atoms with E-state index in [0.29, 0.717) is 18.0 Å². The Morgan fingerprint density at radius 3 is 2.41 bits per heavy atom. The summed E-state index contributed by atoms with van der Waals surface area (Å²) in [5.74, 6) is 0.371. The average molecular weight is 326 g/mol. The van der Waals surface area contributed by atoms with E-state index < -0.39 is 0 Å². The molecule has 5 nitrogen and oxygen atoms in total. The first kappa shape index (κ1) is 18.5. The second kappa shape index (κ2) is 8.76. The maximum Gasteiger partial charge on any atom is 0.251 e. The summed E-state index contributed by atoms with van der Waals surface area (Å²) in [5.41, 5.74) is 1.34. The summed E-state index contributed by atoms with van der Waals surface area (Å²) in [5, 5.41) is 8.90. The van der Waals surface area contributed by atoms with E-state index in [4.69, 9.17) is 0 Å². The van der Waals surface area contributed by atoms with Crippen molar-refractivity contribution in [1.29, 1.82) is 0 Å². The smallest absolute Gasteiger partial charge is 0.251 e. The molecule has 0 saturated carbocycles. The Morgan fingerprint density at radius 2 is 1.91 bits per heavy atom. The third kappa shape index (κ3) is 4.71. The molecule has 1 saturated heterocycles. The van der Waals surface area contributed by atoms with E-state index >= 15 is 0 Å². The van der Waals surface area contributed by atoms with Crippen LogP contribution < -0.4 is 16.0 Å². The van der Waals surface area contributed by atoms with Crippen LogP contribution in [0.4, 0.5) is 5.69 Å². The van der Waals surface area contributed by atoms with Gasteiger partial charge in [0.1, 0.15) is 0 Å². The van der Waals surface area contributed by atoms with E-state index in [1.165, 1.54) is 0 Å². The minimum Gasteiger partial charge on any atom is -0.352 e. The van der Waals surface area contributed by atoms with E-state index in [2.05, 4.69) is 16.0 Å². The molecule has 3 N–H and O–H groups in total. The van der Waals surface area contributed by atoms with Crippen molar-refractivity contribution in [2.45, 2.75) is 20.3 Å². The molecule has 1 atom stereocenters. The fourth-order valence-electron chi connectivity index (χ4n) is 2.18. The number of carbonyl (C=O) groups is 2. The first-order valence-electron chi connectivity index (χ1n) is 7.51. The Balaban J connectivity index is 0.00000242. The monoisotopic (exact) mass is 325 g/mol. The van der Waals surface area contributed by atoms with E-state index in [0.717, 1.165) is 25.2 Å². The summed E-state index contributed by atoms with van der Waals surface area (Å²) < 4.78 is 0. The van der Waals surface area contributed by atoms with Gasteiger partial charge in [-0.1, -0.05) is 13.8 Å². The predicted molar refractivity (Wildman–Crippen MR) is 90.5 cm³/mol. The maximum atomic E-state index is 12.1. The fraction of sp³-hybridized carbons (Fsp3) is 0.500. The van der Waals surface area contributed by atoms with Gasteiger partial charge in [0.25, 0.3) is 5.91 Å². The van der Waals surface area contributed by atoms with Crippen LogP contribution in [0.1, 0.15) is 30.6 Å². The van der Waals surface area contributed by atoms with Crippen LogP contribution in [0.2, 0.25) is 0 Å². The molecule has 1 aliphatic rings. The lowest BCUT2D eigenvalue weighted by Gasteiger charge is -2.31. The first-order valence-corrected chi connectivity index (χ1v) is 7.51. The van der Waals surface area contributed by atoms with Crippen molar-refractivity contribution in [2.24, 2.45) is 11.8 Å². The standard InChI is InChI=1S/C16H23N3O2.ClH/c1-3-8-18-16(21)12-4-6-14(7-5-12)19-15(20)11(2)13-9-17-10-13;/h4-7,11,13,17H,3,8-10H2,1-2H3,(H,18,21)(H,19,20);1H. The number of rotatable bonds is 6. The molecule has 0 bridgehead atoms. The van der Waals surface area contributed by atoms with Crippen molar-refractivity contribution < 1.29 is 9.59 Å². The third-order valence-corrected chi connectivity index (χ3v) is 3.88. The van der Waals surface area contributed by atoms with Crippen molar-refractivity contribution in [3.05, 3.63) is 29.8 Å². The highest BCUT2D eigenvalue weighted by molar-refractivity contribution is 5.96. The number of carbonyl (C=O) groups excluding carboxylic acids is 2. The zero-order valence-electron chi connectivity index (χ0n) is 13.0. The number of hydrogen-bond acceptors (Lipinski definition) is 3. The van der Waals surface area contributed by atoms with Gasteiger partial charge in [-0.3, -0.25) is 9.59 Å². The molecule has 1 heterocycles. The van der Waals surface area contributed by atoms with Gasteiger partial charge < -0.3 is 16.0 Å². The van der Waals surface area contributed by atoms with Crippen molar-refractivity contribution in [3.8, 4) is 0 Å². The summed E-state index contributed by atoms with van der Waals surface area (Å²) >= 11 is 0. The number of halogens is 1. The molecule has 0 spiro atoms. The number of nitrogens with one attached hydrogen (secondary N) is 3. The van der Waals surface area contributed by atoms with E-state index in [1.807, 2.05) is 13.8 Å². The second-order valence-corrected chi connectivity index (χ2v) is 5.53. The lowest BCUT2D eigenvalue weighted by Crippen LogP contribution is -2.48. The van der Waals surface area contributed by atoms with Crippen molar-refractivity contribution in [2.75, 3.05) is 25.0 Å². The fourth-order valence-corrected chi connectivity index (χ4v) is 2.18. The summed E-state index contributed by atoms with van der Waals surface area (Å²) in [4.78, 5) is 23.9. The van der Waals surface area contributed by atoms with Gasteiger partial charge in [0, 0.05) is 23.7 Å². The Kier molecular flexibility index (Phi) is 7.35. The third-order valence-electron chi connectivity index (χ3n) is 3.88. The predicted octanol–water partition coefficient (Wildman–Crippen LogP) is 2.04. The van der Waals surface area contributed by atoms with Crippen LogP contribution >= 0.6 is 12.4 Å². The molecule has 122 valence electrons. The lowest BCUT2D eigenvalue weighted by molar-refractivity contribution is -0.121. The Labute approximate surface area is 137 Å². The zero-order chi connectivity index (χ0) is 15.2. The van der Waals surface area contributed by atoms with Crippen molar-refractivity contribution >= 4 is 29.9 Å². The normalized spacial score (nSPS) is 15.2. The molecule has 1 aromatic carbocycles. The van der Waals surface area contributed by atoms with Gasteiger partial charge in [0.2, 0.25) is 5.91 Å². The molecule has 1 aromatic rings. The molecule has 22 heavy (non-hydrogen) atoms. The van der Waals surface area contributed by atoms with Crippen molar-refractivity contribution in [1.82, 2.24) is 10.6 Å². The van der Waals surface area contributed by atoms with Gasteiger partial charge in [0.05, 0.1) is 0 Å². The van der Waals surface area contributed by atoms with E-state index in [1.54, 1.807) is 24.3 Å². The summed E-state index contributed by atoms with van der Waals surface area (Å²) in [6, 6.07) is 7.00. The summed E-state index contributed by atoms with van der Waals surface area (Å²) in [6.07, 6.45) is 0.911. The Bertz CT molecular complexity index is 501. The minimum atomic E-state index is -0.0800. The molecule has 1 aliphatic heterocycles. The molecule has 0 aromatic heterocycles. The zero-order valence-corrected chi connectivity index (χ0v) is 13.8. The lowest BCUT2D eigenvalue weighted by atomic mass is 9.88. The summed E-state index contributed by atoms with van der Waals surface area (Å²) in [7, 11) is 0. The SMILES string of the molecule is CCCNC(=O)c1ccc(NC(=O)C(C)C2CNC2)cc1.Cl. The molecule has 0 aliphatic carbocycles. The van der Waals surface area contributed by atoms with Crippen molar-refractivity contribution in [3.63, 3.8) is 0 Å². The van der Waals surface area contributed by atoms with Gasteiger partial charge in [-0.2, -0.15) is 0 Å². The van der Waals surface area contributed by atoms with E-state index in [-0.39, 0.29) is 30.1 Å². The molecule has 6 heteroatoms. The summed E-state index contributed by atoms with van der Waals surface area (Å²) in [6.45, 7) is 6.45. The van der Waals surface area contributed by atoms with Gasteiger partial charge in [-0.15, -0.1) is 12.4 Å². The van der Waals surface area contributed by atoms with Crippen LogP contribution in [0.15, 0.2) is 24.3 Å². The van der Waals surface area contributed by atoms with Gasteiger partial charge in [0.15, 0.2) is 0 Å². The minimum absolute atomic E-state index is 0. The van der Waals surface area contributed by atoms with E-state index in [9.17, 15) is 9.59 Å². The van der Waals surface area contributed by atoms with Crippen LogP contribution in [0, 0.1) is 11.8 Å². The molecule has 1 unspecified atom stereocenters. The average Bonchev–Trinajstić information content (AvgIpc) is 2.43. The topological polar surface area (TPSA) is 70.2 Å². The molecule has 1 fully saturated rings. The maximum absolute atomic E-state index is 12.1. The second-order valence-electron chi connectivity index (χ2n) is 5.53. The number of anilines is 1. The largest absolute Gasteiger partial charge is 0.352 e. The molecule has 2 rings (SSSR count). The van der Waals surface area contributed by atoms with Crippen LogP contribution in [-0.4, -0.2) is 31.4 Å². The van der Waals surface area contributed by atoms with Gasteiger partial charge in [-0.25, -0.2) is 0 Å². The van der Waals surface area contributed by atoms with Crippen LogP contribution in [-0.2, 0) is 4.79 Å². The number of amides is 2.